The van der Waals surface area contributed by atoms with Crippen molar-refractivity contribution in [3.63, 3.8) is 0 Å². The van der Waals surface area contributed by atoms with Gasteiger partial charge in [-0.3, -0.25) is 4.68 Å². The highest BCUT2D eigenvalue weighted by atomic mass is 35.5. The van der Waals surface area contributed by atoms with Crippen LogP contribution in [0.3, 0.4) is 0 Å². The summed E-state index contributed by atoms with van der Waals surface area (Å²) in [6.45, 7) is 9.92. The van der Waals surface area contributed by atoms with Crippen LogP contribution in [0.2, 0.25) is 5.15 Å². The minimum absolute atomic E-state index is 0.198. The molecule has 1 saturated carbocycles. The lowest BCUT2D eigenvalue weighted by Crippen LogP contribution is -2.41. The predicted molar refractivity (Wildman–Crippen MR) is 89.9 cm³/mol. The number of hydrogen-bond donors (Lipinski definition) is 1. The maximum absolute atomic E-state index is 6.42. The van der Waals surface area contributed by atoms with Gasteiger partial charge in [0, 0.05) is 18.2 Å². The van der Waals surface area contributed by atoms with E-state index in [0.29, 0.717) is 0 Å². The first kappa shape index (κ1) is 16.8. The van der Waals surface area contributed by atoms with Crippen molar-refractivity contribution in [3.05, 3.63) is 16.4 Å². The predicted octanol–water partition coefficient (Wildman–Crippen LogP) is 4.12. The monoisotopic (exact) mass is 311 g/mol. The summed E-state index contributed by atoms with van der Waals surface area (Å²) in [5.74, 6) is 1.49. The maximum Gasteiger partial charge on any atom is 0.130 e. The van der Waals surface area contributed by atoms with Crippen molar-refractivity contribution < 1.29 is 0 Å². The van der Waals surface area contributed by atoms with Crippen LogP contribution in [0.5, 0.6) is 0 Å². The van der Waals surface area contributed by atoms with Gasteiger partial charge in [-0.2, -0.15) is 5.10 Å². The Hall–Kier alpha value is -0.540. The Morgan fingerprint density at radius 1 is 1.24 bits per heavy atom. The number of aromatic nitrogens is 2. The molecule has 1 N–H and O–H groups in total. The van der Waals surface area contributed by atoms with Crippen molar-refractivity contribution in [2.75, 3.05) is 6.54 Å². The Balaban J connectivity index is 2.05. The lowest BCUT2D eigenvalue weighted by molar-refractivity contribution is 0.213. The summed E-state index contributed by atoms with van der Waals surface area (Å²) < 4.78 is 1.80. The van der Waals surface area contributed by atoms with Crippen LogP contribution >= 0.6 is 11.6 Å². The molecule has 0 aliphatic heterocycles. The third-order valence-electron chi connectivity index (χ3n) is 4.70. The van der Waals surface area contributed by atoms with Crippen molar-refractivity contribution in [2.24, 2.45) is 18.9 Å². The summed E-state index contributed by atoms with van der Waals surface area (Å²) in [6.07, 6.45) is 6.46. The number of halogens is 1. The molecular formula is C17H30ClN3. The molecule has 1 fully saturated rings. The van der Waals surface area contributed by atoms with Gasteiger partial charge in [0.15, 0.2) is 0 Å². The lowest BCUT2D eigenvalue weighted by Gasteiger charge is -2.34. The Bertz CT molecular complexity index is 473. The maximum atomic E-state index is 6.42. The molecule has 0 spiro atoms. The number of hydrogen-bond acceptors (Lipinski definition) is 2. The summed E-state index contributed by atoms with van der Waals surface area (Å²) in [4.78, 5) is 0. The van der Waals surface area contributed by atoms with Crippen molar-refractivity contribution >= 4 is 11.6 Å². The van der Waals surface area contributed by atoms with Gasteiger partial charge < -0.3 is 5.32 Å². The largest absolute Gasteiger partial charge is 0.312 e. The smallest absolute Gasteiger partial charge is 0.130 e. The second-order valence-corrected chi connectivity index (χ2v) is 7.98. The Kier molecular flexibility index (Phi) is 5.37. The summed E-state index contributed by atoms with van der Waals surface area (Å²) in [6, 6.07) is 0. The highest BCUT2D eigenvalue weighted by molar-refractivity contribution is 6.30. The molecule has 120 valence electrons. The SMILES string of the molecule is Cc1nn(C)c(Cl)c1CC1CCCCC1CNC(C)(C)C. The molecule has 0 amide bonds. The number of nitrogens with one attached hydrogen (secondary N) is 1. The van der Waals surface area contributed by atoms with Gasteiger partial charge in [0.25, 0.3) is 0 Å². The van der Waals surface area contributed by atoms with Crippen molar-refractivity contribution in [3.8, 4) is 0 Å². The van der Waals surface area contributed by atoms with E-state index in [1.54, 1.807) is 4.68 Å². The fraction of sp³-hybridized carbons (Fsp3) is 0.824. The van der Waals surface area contributed by atoms with Gasteiger partial charge in [-0.25, -0.2) is 0 Å². The van der Waals surface area contributed by atoms with Crippen LogP contribution in [-0.4, -0.2) is 21.9 Å². The fourth-order valence-electron chi connectivity index (χ4n) is 3.43. The quantitative estimate of drug-likeness (QED) is 0.906. The summed E-state index contributed by atoms with van der Waals surface area (Å²) in [5.41, 5.74) is 2.55. The second kappa shape index (κ2) is 6.70. The molecule has 1 aromatic rings. The molecule has 0 aromatic carbocycles. The van der Waals surface area contributed by atoms with E-state index in [0.717, 1.165) is 35.6 Å². The molecule has 2 atom stereocenters. The van der Waals surface area contributed by atoms with Gasteiger partial charge in [-0.05, 0) is 65.3 Å². The minimum Gasteiger partial charge on any atom is -0.312 e. The van der Waals surface area contributed by atoms with Crippen molar-refractivity contribution in [2.45, 2.75) is 65.3 Å². The first-order chi connectivity index (χ1) is 9.78. The first-order valence-corrected chi connectivity index (χ1v) is 8.58. The Morgan fingerprint density at radius 2 is 1.86 bits per heavy atom. The average Bonchev–Trinajstić information content (AvgIpc) is 2.63. The van der Waals surface area contributed by atoms with Crippen LogP contribution in [0.15, 0.2) is 0 Å². The average molecular weight is 312 g/mol. The third kappa shape index (κ3) is 4.46. The number of aryl methyl sites for hydroxylation is 2. The summed E-state index contributed by atoms with van der Waals surface area (Å²) in [7, 11) is 1.93. The molecule has 1 aliphatic carbocycles. The van der Waals surface area contributed by atoms with Gasteiger partial charge in [-0.15, -0.1) is 0 Å². The van der Waals surface area contributed by atoms with Gasteiger partial charge in [-0.1, -0.05) is 24.4 Å². The van der Waals surface area contributed by atoms with E-state index in [9.17, 15) is 0 Å². The standard InChI is InChI=1S/C17H30ClN3/c1-12-15(16(18)21(5)20-12)10-13-8-6-7-9-14(13)11-19-17(2,3)4/h13-14,19H,6-11H2,1-5H3. The molecule has 0 radical (unpaired) electrons. The summed E-state index contributed by atoms with van der Waals surface area (Å²) in [5, 5.41) is 8.96. The molecule has 21 heavy (non-hydrogen) atoms. The fourth-order valence-corrected chi connectivity index (χ4v) is 3.68. The van der Waals surface area contributed by atoms with Crippen LogP contribution in [0, 0.1) is 18.8 Å². The molecule has 1 heterocycles. The van der Waals surface area contributed by atoms with Crippen LogP contribution in [0.4, 0.5) is 0 Å². The van der Waals surface area contributed by atoms with E-state index in [2.05, 4.69) is 38.1 Å². The van der Waals surface area contributed by atoms with Crippen molar-refractivity contribution in [1.29, 1.82) is 0 Å². The van der Waals surface area contributed by atoms with Crippen LogP contribution in [0.25, 0.3) is 0 Å². The van der Waals surface area contributed by atoms with E-state index < -0.39 is 0 Å². The Morgan fingerprint density at radius 3 is 2.38 bits per heavy atom. The van der Waals surface area contributed by atoms with Gasteiger partial charge >= 0.3 is 0 Å². The van der Waals surface area contributed by atoms with Crippen LogP contribution < -0.4 is 5.32 Å². The van der Waals surface area contributed by atoms with E-state index in [4.69, 9.17) is 11.6 Å². The Labute approximate surface area is 134 Å². The second-order valence-electron chi connectivity index (χ2n) is 7.62. The zero-order chi connectivity index (χ0) is 15.6. The molecule has 0 bridgehead atoms. The van der Waals surface area contributed by atoms with Gasteiger partial charge in [0.05, 0.1) is 5.69 Å². The van der Waals surface area contributed by atoms with E-state index in [1.807, 2.05) is 7.05 Å². The minimum atomic E-state index is 0.198. The summed E-state index contributed by atoms with van der Waals surface area (Å²) >= 11 is 6.42. The molecule has 0 saturated heterocycles. The van der Waals surface area contributed by atoms with Crippen LogP contribution in [0.1, 0.15) is 57.7 Å². The topological polar surface area (TPSA) is 29.9 Å². The molecule has 3 nitrogen and oxygen atoms in total. The lowest BCUT2D eigenvalue weighted by atomic mass is 9.76. The van der Waals surface area contributed by atoms with E-state index >= 15 is 0 Å². The molecular weight excluding hydrogens is 282 g/mol. The molecule has 1 aliphatic rings. The first-order valence-electron chi connectivity index (χ1n) is 8.21. The number of rotatable bonds is 4. The highest BCUT2D eigenvalue weighted by Crippen LogP contribution is 2.34. The molecule has 2 unspecified atom stereocenters. The zero-order valence-electron chi connectivity index (χ0n) is 14.2. The normalized spacial score (nSPS) is 23.5. The van der Waals surface area contributed by atoms with Crippen LogP contribution in [-0.2, 0) is 13.5 Å². The highest BCUT2D eigenvalue weighted by Gasteiger charge is 2.28. The molecule has 2 rings (SSSR count). The number of nitrogens with zero attached hydrogens (tertiary/aromatic N) is 2. The zero-order valence-corrected chi connectivity index (χ0v) is 14.9. The van der Waals surface area contributed by atoms with Gasteiger partial charge in [0.1, 0.15) is 5.15 Å². The molecule has 1 aromatic heterocycles. The van der Waals surface area contributed by atoms with E-state index in [1.165, 1.54) is 31.2 Å². The van der Waals surface area contributed by atoms with Crippen molar-refractivity contribution in [1.82, 2.24) is 15.1 Å². The van der Waals surface area contributed by atoms with E-state index in [-0.39, 0.29) is 5.54 Å². The van der Waals surface area contributed by atoms with Gasteiger partial charge in [0.2, 0.25) is 0 Å². The molecule has 4 heteroatoms. The third-order valence-corrected chi connectivity index (χ3v) is 5.17.